The smallest absolute Gasteiger partial charge is 0.0461 e. The molecule has 0 aliphatic rings. The Morgan fingerprint density at radius 1 is 1.06 bits per heavy atom. The fourth-order valence-corrected chi connectivity index (χ4v) is 2.62. The molecule has 0 saturated heterocycles. The molecule has 0 aliphatic heterocycles. The van der Waals surface area contributed by atoms with Crippen molar-refractivity contribution in [3.63, 3.8) is 0 Å². The SMILES string of the molecule is c1ccc(Cc2cc3sccc3cn2)cc1. The predicted molar refractivity (Wildman–Crippen MR) is 68.9 cm³/mol. The highest BCUT2D eigenvalue weighted by Crippen LogP contribution is 2.21. The highest BCUT2D eigenvalue weighted by molar-refractivity contribution is 7.17. The number of hydrogen-bond donors (Lipinski definition) is 0. The van der Waals surface area contributed by atoms with E-state index in [2.05, 4.69) is 46.8 Å². The molecule has 0 N–H and O–H groups in total. The summed E-state index contributed by atoms with van der Waals surface area (Å²) in [6.45, 7) is 0. The van der Waals surface area contributed by atoms with E-state index >= 15 is 0 Å². The molecule has 0 atom stereocenters. The normalized spacial score (nSPS) is 10.8. The molecule has 0 radical (unpaired) electrons. The predicted octanol–water partition coefficient (Wildman–Crippen LogP) is 3.89. The summed E-state index contributed by atoms with van der Waals surface area (Å²) in [5.74, 6) is 0. The standard InChI is InChI=1S/C14H11NS/c1-2-4-11(5-3-1)8-13-9-14-12(10-15-13)6-7-16-14/h1-7,9-10H,8H2. The van der Waals surface area contributed by atoms with Crippen molar-refractivity contribution in [1.29, 1.82) is 0 Å². The van der Waals surface area contributed by atoms with Crippen molar-refractivity contribution >= 4 is 21.4 Å². The number of nitrogens with zero attached hydrogens (tertiary/aromatic N) is 1. The van der Waals surface area contributed by atoms with Crippen LogP contribution >= 0.6 is 11.3 Å². The molecule has 0 saturated carbocycles. The van der Waals surface area contributed by atoms with Gasteiger partial charge in [0.2, 0.25) is 0 Å². The van der Waals surface area contributed by atoms with E-state index in [1.165, 1.54) is 15.6 Å². The van der Waals surface area contributed by atoms with Crippen molar-refractivity contribution in [2.75, 3.05) is 0 Å². The molecule has 3 aromatic rings. The second kappa shape index (κ2) is 4.06. The topological polar surface area (TPSA) is 12.9 Å². The van der Waals surface area contributed by atoms with Crippen molar-refractivity contribution in [2.24, 2.45) is 0 Å². The van der Waals surface area contributed by atoms with Gasteiger partial charge in [-0.15, -0.1) is 11.3 Å². The number of pyridine rings is 1. The van der Waals surface area contributed by atoms with Crippen LogP contribution in [-0.4, -0.2) is 4.98 Å². The summed E-state index contributed by atoms with van der Waals surface area (Å²) in [6, 6.07) is 14.8. The average Bonchev–Trinajstić information content (AvgIpc) is 2.77. The third-order valence-electron chi connectivity index (χ3n) is 2.62. The average molecular weight is 225 g/mol. The van der Waals surface area contributed by atoms with Gasteiger partial charge in [-0.3, -0.25) is 4.98 Å². The number of rotatable bonds is 2. The molecule has 0 bridgehead atoms. The Hall–Kier alpha value is -1.67. The Balaban J connectivity index is 1.94. The van der Waals surface area contributed by atoms with Crippen molar-refractivity contribution in [3.8, 4) is 0 Å². The van der Waals surface area contributed by atoms with E-state index in [9.17, 15) is 0 Å². The van der Waals surface area contributed by atoms with E-state index in [-0.39, 0.29) is 0 Å². The highest BCUT2D eigenvalue weighted by atomic mass is 32.1. The zero-order valence-electron chi connectivity index (χ0n) is 8.76. The molecule has 16 heavy (non-hydrogen) atoms. The van der Waals surface area contributed by atoms with E-state index < -0.39 is 0 Å². The van der Waals surface area contributed by atoms with Gasteiger partial charge in [-0.2, -0.15) is 0 Å². The van der Waals surface area contributed by atoms with Gasteiger partial charge in [0.05, 0.1) is 0 Å². The fraction of sp³-hybridized carbons (Fsp3) is 0.0714. The van der Waals surface area contributed by atoms with Gasteiger partial charge in [-0.25, -0.2) is 0 Å². The van der Waals surface area contributed by atoms with Gasteiger partial charge in [-0.05, 0) is 23.1 Å². The summed E-state index contributed by atoms with van der Waals surface area (Å²) in [6.07, 6.45) is 2.87. The van der Waals surface area contributed by atoms with Gasteiger partial charge in [0.25, 0.3) is 0 Å². The molecule has 2 aromatic heterocycles. The van der Waals surface area contributed by atoms with Crippen LogP contribution in [0.2, 0.25) is 0 Å². The molecule has 2 heteroatoms. The molecule has 3 rings (SSSR count). The maximum Gasteiger partial charge on any atom is 0.0461 e. The second-order valence-electron chi connectivity index (χ2n) is 3.80. The van der Waals surface area contributed by atoms with Gasteiger partial charge in [-0.1, -0.05) is 30.3 Å². The molecule has 1 aromatic carbocycles. The Bertz CT molecular complexity index is 598. The van der Waals surface area contributed by atoms with Crippen LogP contribution in [-0.2, 0) is 6.42 Å². The van der Waals surface area contributed by atoms with Crippen molar-refractivity contribution in [2.45, 2.75) is 6.42 Å². The number of thiophene rings is 1. The van der Waals surface area contributed by atoms with Crippen LogP contribution in [0.4, 0.5) is 0 Å². The largest absolute Gasteiger partial charge is 0.260 e. The quantitative estimate of drug-likeness (QED) is 0.645. The minimum atomic E-state index is 0.911. The molecule has 0 unspecified atom stereocenters. The maximum absolute atomic E-state index is 4.48. The summed E-state index contributed by atoms with van der Waals surface area (Å²) >= 11 is 1.77. The van der Waals surface area contributed by atoms with Crippen molar-refractivity contribution < 1.29 is 0 Å². The second-order valence-corrected chi connectivity index (χ2v) is 4.74. The maximum atomic E-state index is 4.48. The van der Waals surface area contributed by atoms with Gasteiger partial charge in [0.15, 0.2) is 0 Å². The molecule has 0 aliphatic carbocycles. The first-order valence-electron chi connectivity index (χ1n) is 5.28. The van der Waals surface area contributed by atoms with Crippen LogP contribution < -0.4 is 0 Å². The Morgan fingerprint density at radius 2 is 1.94 bits per heavy atom. The summed E-state index contributed by atoms with van der Waals surface area (Å²) in [4.78, 5) is 4.48. The van der Waals surface area contributed by atoms with E-state index in [0.29, 0.717) is 0 Å². The van der Waals surface area contributed by atoms with Gasteiger partial charge in [0, 0.05) is 28.4 Å². The van der Waals surface area contributed by atoms with Crippen LogP contribution in [0.5, 0.6) is 0 Å². The summed E-state index contributed by atoms with van der Waals surface area (Å²) < 4.78 is 1.32. The monoisotopic (exact) mass is 225 g/mol. The van der Waals surface area contributed by atoms with E-state index in [1.54, 1.807) is 11.3 Å². The number of aromatic nitrogens is 1. The first kappa shape index (κ1) is 9.55. The Kier molecular flexibility index (Phi) is 2.43. The van der Waals surface area contributed by atoms with E-state index in [0.717, 1.165) is 12.1 Å². The van der Waals surface area contributed by atoms with E-state index in [1.807, 2.05) is 12.3 Å². The highest BCUT2D eigenvalue weighted by Gasteiger charge is 2.00. The number of benzene rings is 1. The fourth-order valence-electron chi connectivity index (χ4n) is 1.80. The zero-order valence-corrected chi connectivity index (χ0v) is 9.58. The summed E-state index contributed by atoms with van der Waals surface area (Å²) in [5, 5.41) is 3.35. The van der Waals surface area contributed by atoms with Gasteiger partial charge < -0.3 is 0 Å². The zero-order chi connectivity index (χ0) is 10.8. The van der Waals surface area contributed by atoms with Crippen LogP contribution in [0.15, 0.2) is 54.0 Å². The van der Waals surface area contributed by atoms with Crippen LogP contribution in [0.25, 0.3) is 10.1 Å². The van der Waals surface area contributed by atoms with Crippen LogP contribution in [0.1, 0.15) is 11.3 Å². The molecule has 0 fully saturated rings. The lowest BCUT2D eigenvalue weighted by Gasteiger charge is -2.00. The molecule has 0 spiro atoms. The molecule has 78 valence electrons. The van der Waals surface area contributed by atoms with Crippen molar-refractivity contribution in [3.05, 3.63) is 65.3 Å². The van der Waals surface area contributed by atoms with Gasteiger partial charge >= 0.3 is 0 Å². The Morgan fingerprint density at radius 3 is 2.81 bits per heavy atom. The lowest BCUT2D eigenvalue weighted by atomic mass is 10.1. The molecule has 0 amide bonds. The minimum absolute atomic E-state index is 0.911. The molecule has 2 heterocycles. The third-order valence-corrected chi connectivity index (χ3v) is 3.50. The Labute approximate surface area is 98.4 Å². The van der Waals surface area contributed by atoms with E-state index in [4.69, 9.17) is 0 Å². The van der Waals surface area contributed by atoms with Crippen molar-refractivity contribution in [1.82, 2.24) is 4.98 Å². The van der Waals surface area contributed by atoms with Crippen LogP contribution in [0.3, 0.4) is 0 Å². The number of hydrogen-bond acceptors (Lipinski definition) is 2. The number of fused-ring (bicyclic) bond motifs is 1. The molecular formula is C14H11NS. The molecular weight excluding hydrogens is 214 g/mol. The first-order chi connectivity index (χ1) is 7.92. The lowest BCUT2D eigenvalue weighted by Crippen LogP contribution is -1.90. The summed E-state index contributed by atoms with van der Waals surface area (Å²) in [7, 11) is 0. The first-order valence-corrected chi connectivity index (χ1v) is 6.16. The van der Waals surface area contributed by atoms with Crippen LogP contribution in [0, 0.1) is 0 Å². The molecule has 1 nitrogen and oxygen atoms in total. The third kappa shape index (κ3) is 1.84. The summed E-state index contributed by atoms with van der Waals surface area (Å²) in [5.41, 5.74) is 2.45. The van der Waals surface area contributed by atoms with Gasteiger partial charge in [0.1, 0.15) is 0 Å². The minimum Gasteiger partial charge on any atom is -0.260 e. The lowest BCUT2D eigenvalue weighted by molar-refractivity contribution is 1.09.